The topological polar surface area (TPSA) is 9.23 Å². The summed E-state index contributed by atoms with van der Waals surface area (Å²) < 4.78 is 49.5. The fourth-order valence-electron chi connectivity index (χ4n) is 6.40. The average molecular weight is 389 g/mol. The van der Waals surface area contributed by atoms with Gasteiger partial charge in [0.2, 0.25) is 0 Å². The molecule has 0 N–H and O–H groups in total. The quantitative estimate of drug-likeness (QED) is 0.484. The van der Waals surface area contributed by atoms with E-state index in [9.17, 15) is 8.78 Å². The summed E-state index contributed by atoms with van der Waals surface area (Å²) in [4.78, 5) is 0. The van der Waals surface area contributed by atoms with Gasteiger partial charge in [-0.1, -0.05) is 32.6 Å². The molecule has 0 aromatic heterocycles. The lowest BCUT2D eigenvalue weighted by Crippen LogP contribution is -2.47. The van der Waals surface area contributed by atoms with Crippen molar-refractivity contribution in [1.82, 2.24) is 0 Å². The van der Waals surface area contributed by atoms with Gasteiger partial charge in [0, 0.05) is 6.61 Å². The number of hydrogen-bond donors (Lipinski definition) is 0. The Balaban J connectivity index is 1.50. The molecule has 0 radical (unpaired) electrons. The molecular formula is C23H39F3O. The van der Waals surface area contributed by atoms with Crippen molar-refractivity contribution in [2.24, 2.45) is 29.6 Å². The van der Waals surface area contributed by atoms with Crippen LogP contribution in [-0.2, 0) is 4.74 Å². The zero-order valence-corrected chi connectivity index (χ0v) is 17.2. The first-order chi connectivity index (χ1) is 13.0. The minimum Gasteiger partial charge on any atom is -0.375 e. The van der Waals surface area contributed by atoms with Crippen molar-refractivity contribution in [2.75, 3.05) is 6.61 Å². The molecule has 0 aromatic carbocycles. The third-order valence-electron chi connectivity index (χ3n) is 7.90. The van der Waals surface area contributed by atoms with Gasteiger partial charge in [-0.05, 0) is 81.5 Å². The van der Waals surface area contributed by atoms with Crippen LogP contribution < -0.4 is 0 Å². The molecule has 3 aliphatic carbocycles. The van der Waals surface area contributed by atoms with Crippen molar-refractivity contribution < 1.29 is 17.9 Å². The summed E-state index contributed by atoms with van der Waals surface area (Å²) in [5, 5.41) is 0. The second kappa shape index (κ2) is 9.98. The first-order valence-corrected chi connectivity index (χ1v) is 11.6. The van der Waals surface area contributed by atoms with Gasteiger partial charge < -0.3 is 4.74 Å². The fourth-order valence-corrected chi connectivity index (χ4v) is 6.40. The van der Waals surface area contributed by atoms with Crippen LogP contribution in [0.4, 0.5) is 13.2 Å². The van der Waals surface area contributed by atoms with Gasteiger partial charge in [0.15, 0.2) is 6.17 Å². The lowest BCUT2D eigenvalue weighted by atomic mass is 9.64. The average Bonchev–Trinajstić information content (AvgIpc) is 2.67. The molecule has 3 rings (SSSR count). The van der Waals surface area contributed by atoms with Gasteiger partial charge in [0.25, 0.3) is 0 Å². The standard InChI is InChI=1S/C23H39F3O/c1-3-5-15-6-8-16(9-7-15)18-11-10-17(14-20(18)24)19-12-13-21(27-4-2)23(26)22(19)25/h15-23H,3-14H2,1-2H3. The molecule has 4 heteroatoms. The predicted molar refractivity (Wildman–Crippen MR) is 104 cm³/mol. The van der Waals surface area contributed by atoms with E-state index in [0.29, 0.717) is 31.8 Å². The van der Waals surface area contributed by atoms with Crippen LogP contribution >= 0.6 is 0 Å². The van der Waals surface area contributed by atoms with Gasteiger partial charge in [-0.3, -0.25) is 0 Å². The van der Waals surface area contributed by atoms with Crippen LogP contribution in [0, 0.1) is 29.6 Å². The Hall–Kier alpha value is -0.250. The summed E-state index contributed by atoms with van der Waals surface area (Å²) in [6.45, 7) is 4.48. The molecule has 0 aliphatic heterocycles. The molecule has 1 nitrogen and oxygen atoms in total. The number of ether oxygens (including phenoxy) is 1. The maximum atomic E-state index is 15.1. The second-order valence-corrected chi connectivity index (χ2v) is 9.45. The van der Waals surface area contributed by atoms with Crippen molar-refractivity contribution in [3.8, 4) is 0 Å². The molecule has 0 spiro atoms. The molecule has 0 aromatic rings. The summed E-state index contributed by atoms with van der Waals surface area (Å²) >= 11 is 0. The maximum Gasteiger partial charge on any atom is 0.157 e. The second-order valence-electron chi connectivity index (χ2n) is 9.45. The Morgan fingerprint density at radius 3 is 2.04 bits per heavy atom. The van der Waals surface area contributed by atoms with E-state index in [0.717, 1.165) is 31.6 Å². The molecule has 7 unspecified atom stereocenters. The van der Waals surface area contributed by atoms with Crippen molar-refractivity contribution in [2.45, 2.75) is 109 Å². The molecule has 0 amide bonds. The van der Waals surface area contributed by atoms with E-state index < -0.39 is 24.6 Å². The van der Waals surface area contributed by atoms with Crippen LogP contribution in [0.15, 0.2) is 0 Å². The summed E-state index contributed by atoms with van der Waals surface area (Å²) in [5.74, 6) is 1.19. The lowest BCUT2D eigenvalue weighted by molar-refractivity contribution is -0.0894. The molecule has 0 heterocycles. The van der Waals surface area contributed by atoms with E-state index in [4.69, 9.17) is 4.74 Å². The normalized spacial score (nSPS) is 46.3. The van der Waals surface area contributed by atoms with Crippen molar-refractivity contribution in [1.29, 1.82) is 0 Å². The Morgan fingerprint density at radius 1 is 0.741 bits per heavy atom. The van der Waals surface area contributed by atoms with Gasteiger partial charge in [0.1, 0.15) is 12.3 Å². The zero-order valence-electron chi connectivity index (χ0n) is 17.2. The van der Waals surface area contributed by atoms with Gasteiger partial charge in [-0.25, -0.2) is 13.2 Å². The zero-order chi connectivity index (χ0) is 19.4. The minimum atomic E-state index is -1.55. The molecule has 7 atom stereocenters. The van der Waals surface area contributed by atoms with Crippen LogP contribution in [0.25, 0.3) is 0 Å². The van der Waals surface area contributed by atoms with E-state index in [-0.39, 0.29) is 17.8 Å². The summed E-state index contributed by atoms with van der Waals surface area (Å²) in [6.07, 6.45) is 6.29. The van der Waals surface area contributed by atoms with Gasteiger partial charge in [0.05, 0.1) is 6.10 Å². The van der Waals surface area contributed by atoms with E-state index in [1.165, 1.54) is 25.7 Å². The molecule has 3 aliphatic rings. The Morgan fingerprint density at radius 2 is 1.41 bits per heavy atom. The third-order valence-corrected chi connectivity index (χ3v) is 7.90. The SMILES string of the molecule is CCCC1CCC(C2CCC(C3CCC(OCC)C(F)C3F)CC2F)CC1. The number of halogens is 3. The van der Waals surface area contributed by atoms with Gasteiger partial charge >= 0.3 is 0 Å². The maximum absolute atomic E-state index is 15.1. The molecule has 158 valence electrons. The van der Waals surface area contributed by atoms with Crippen LogP contribution in [0.5, 0.6) is 0 Å². The summed E-state index contributed by atoms with van der Waals surface area (Å²) in [7, 11) is 0. The van der Waals surface area contributed by atoms with Crippen LogP contribution in [0.2, 0.25) is 0 Å². The first kappa shape index (κ1) is 21.5. The number of rotatable bonds is 6. The first-order valence-electron chi connectivity index (χ1n) is 11.6. The number of hydrogen-bond acceptors (Lipinski definition) is 1. The Bertz CT molecular complexity index is 437. The lowest BCUT2D eigenvalue weighted by Gasteiger charge is -2.44. The predicted octanol–water partition coefficient (Wildman–Crippen LogP) is 6.84. The number of alkyl halides is 3. The van der Waals surface area contributed by atoms with E-state index >= 15 is 4.39 Å². The van der Waals surface area contributed by atoms with E-state index in [1.54, 1.807) is 0 Å². The highest BCUT2D eigenvalue weighted by atomic mass is 19.2. The molecule has 27 heavy (non-hydrogen) atoms. The highest BCUT2D eigenvalue weighted by Gasteiger charge is 2.47. The van der Waals surface area contributed by atoms with Crippen LogP contribution in [0.1, 0.15) is 84.5 Å². The summed E-state index contributed by atoms with van der Waals surface area (Å²) in [5.41, 5.74) is 0. The van der Waals surface area contributed by atoms with Gasteiger partial charge in [-0.2, -0.15) is 0 Å². The molecule has 3 saturated carbocycles. The smallest absolute Gasteiger partial charge is 0.157 e. The Kier molecular flexibility index (Phi) is 7.93. The summed E-state index contributed by atoms with van der Waals surface area (Å²) in [6, 6.07) is 0. The molecule has 3 fully saturated rings. The van der Waals surface area contributed by atoms with Crippen LogP contribution in [0.3, 0.4) is 0 Å². The van der Waals surface area contributed by atoms with Gasteiger partial charge in [-0.15, -0.1) is 0 Å². The minimum absolute atomic E-state index is 0.00325. The Labute approximate surface area is 163 Å². The van der Waals surface area contributed by atoms with Crippen molar-refractivity contribution in [3.63, 3.8) is 0 Å². The molecule has 0 bridgehead atoms. The fraction of sp³-hybridized carbons (Fsp3) is 1.00. The molecule has 0 saturated heterocycles. The van der Waals surface area contributed by atoms with E-state index in [2.05, 4.69) is 6.92 Å². The highest BCUT2D eigenvalue weighted by molar-refractivity contribution is 4.95. The van der Waals surface area contributed by atoms with Crippen molar-refractivity contribution in [3.05, 3.63) is 0 Å². The highest BCUT2D eigenvalue weighted by Crippen LogP contribution is 2.47. The third kappa shape index (κ3) is 5.03. The van der Waals surface area contributed by atoms with Crippen LogP contribution in [-0.4, -0.2) is 31.2 Å². The van der Waals surface area contributed by atoms with E-state index in [1.807, 2.05) is 6.92 Å². The monoisotopic (exact) mass is 388 g/mol. The largest absolute Gasteiger partial charge is 0.375 e. The molecular weight excluding hydrogens is 349 g/mol. The van der Waals surface area contributed by atoms with Crippen molar-refractivity contribution >= 4 is 0 Å².